The molecule has 0 spiro atoms. The van der Waals surface area contributed by atoms with E-state index in [1.54, 1.807) is 11.3 Å². The van der Waals surface area contributed by atoms with E-state index in [2.05, 4.69) is 5.32 Å². The maximum absolute atomic E-state index is 12.3. The third-order valence-electron chi connectivity index (χ3n) is 4.27. The molecular weight excluding hydrogens is 258 g/mol. The molecule has 0 bridgehead atoms. The molecule has 0 saturated heterocycles. The van der Waals surface area contributed by atoms with Crippen LogP contribution >= 0.6 is 11.3 Å². The number of thiophene rings is 1. The maximum Gasteiger partial charge on any atom is 0.261 e. The van der Waals surface area contributed by atoms with Crippen molar-refractivity contribution in [2.45, 2.75) is 63.5 Å². The first-order valence-electron chi connectivity index (χ1n) is 7.34. The Morgan fingerprint density at radius 3 is 2.89 bits per heavy atom. The Hall–Kier alpha value is -0.870. The van der Waals surface area contributed by atoms with Crippen LogP contribution < -0.4 is 5.32 Å². The van der Waals surface area contributed by atoms with Gasteiger partial charge in [-0.2, -0.15) is 0 Å². The average Bonchev–Trinajstić information content (AvgIpc) is 2.91. The number of rotatable bonds is 2. The maximum atomic E-state index is 12.3. The first kappa shape index (κ1) is 13.1. The first-order chi connectivity index (χ1) is 9.24. The van der Waals surface area contributed by atoms with Gasteiger partial charge >= 0.3 is 0 Å². The molecule has 2 N–H and O–H groups in total. The zero-order valence-electron chi connectivity index (χ0n) is 11.2. The van der Waals surface area contributed by atoms with Crippen molar-refractivity contribution < 1.29 is 9.90 Å². The van der Waals surface area contributed by atoms with Crippen LogP contribution in [0.1, 0.15) is 58.6 Å². The molecule has 3 rings (SSSR count). The molecule has 0 aliphatic heterocycles. The van der Waals surface area contributed by atoms with E-state index in [9.17, 15) is 9.90 Å². The largest absolute Gasteiger partial charge is 0.391 e. The Morgan fingerprint density at radius 2 is 2.05 bits per heavy atom. The van der Waals surface area contributed by atoms with Gasteiger partial charge in [-0.15, -0.1) is 11.3 Å². The van der Waals surface area contributed by atoms with Crippen LogP contribution in [0.3, 0.4) is 0 Å². The van der Waals surface area contributed by atoms with E-state index in [0.717, 1.165) is 49.8 Å². The zero-order valence-corrected chi connectivity index (χ0v) is 12.0. The number of aliphatic hydroxyl groups excluding tert-OH is 1. The Kier molecular flexibility index (Phi) is 3.89. The first-order valence-corrected chi connectivity index (χ1v) is 8.16. The lowest BCUT2D eigenvalue weighted by atomic mass is 10.1. The van der Waals surface area contributed by atoms with Crippen molar-refractivity contribution in [2.24, 2.45) is 0 Å². The molecule has 104 valence electrons. The average molecular weight is 279 g/mol. The number of aliphatic hydroxyl groups is 1. The Morgan fingerprint density at radius 1 is 1.21 bits per heavy atom. The predicted octanol–water partition coefficient (Wildman–Crippen LogP) is 2.66. The van der Waals surface area contributed by atoms with Crippen LogP contribution in [0.2, 0.25) is 0 Å². The van der Waals surface area contributed by atoms with Crippen LogP contribution in [0.15, 0.2) is 6.07 Å². The van der Waals surface area contributed by atoms with Crippen molar-refractivity contribution in [1.29, 1.82) is 0 Å². The van der Waals surface area contributed by atoms with Crippen molar-refractivity contribution in [3.63, 3.8) is 0 Å². The number of fused-ring (bicyclic) bond motifs is 1. The fraction of sp³-hybridized carbons (Fsp3) is 0.667. The lowest BCUT2D eigenvalue weighted by molar-refractivity contribution is 0.0822. The third kappa shape index (κ3) is 2.84. The second kappa shape index (κ2) is 5.63. The summed E-state index contributed by atoms with van der Waals surface area (Å²) < 4.78 is 0. The summed E-state index contributed by atoms with van der Waals surface area (Å²) >= 11 is 1.63. The van der Waals surface area contributed by atoms with Crippen LogP contribution in [-0.2, 0) is 12.8 Å². The van der Waals surface area contributed by atoms with E-state index in [1.165, 1.54) is 16.9 Å². The molecule has 2 unspecified atom stereocenters. The van der Waals surface area contributed by atoms with Gasteiger partial charge in [-0.3, -0.25) is 4.79 Å². The number of hydrogen-bond acceptors (Lipinski definition) is 3. The Bertz CT molecular complexity index is 447. The highest BCUT2D eigenvalue weighted by Crippen LogP contribution is 2.30. The lowest BCUT2D eigenvalue weighted by Crippen LogP contribution is -2.42. The monoisotopic (exact) mass is 279 g/mol. The minimum absolute atomic E-state index is 0.00495. The van der Waals surface area contributed by atoms with Gasteiger partial charge in [0, 0.05) is 4.88 Å². The summed E-state index contributed by atoms with van der Waals surface area (Å²) in [5, 5.41) is 13.1. The molecule has 4 heteroatoms. The van der Waals surface area contributed by atoms with E-state index in [4.69, 9.17) is 0 Å². The molecule has 2 atom stereocenters. The van der Waals surface area contributed by atoms with Gasteiger partial charge in [-0.05, 0) is 43.7 Å². The van der Waals surface area contributed by atoms with E-state index in [-0.39, 0.29) is 18.1 Å². The van der Waals surface area contributed by atoms with Crippen LogP contribution in [0.5, 0.6) is 0 Å². The van der Waals surface area contributed by atoms with E-state index in [1.807, 2.05) is 6.07 Å². The van der Waals surface area contributed by atoms with Gasteiger partial charge in [-0.1, -0.05) is 19.3 Å². The minimum atomic E-state index is -0.377. The second-order valence-corrected chi connectivity index (χ2v) is 6.83. The van der Waals surface area contributed by atoms with Gasteiger partial charge in [0.2, 0.25) is 0 Å². The van der Waals surface area contributed by atoms with Crippen molar-refractivity contribution >= 4 is 17.2 Å². The van der Waals surface area contributed by atoms with Crippen molar-refractivity contribution in [2.75, 3.05) is 0 Å². The third-order valence-corrected chi connectivity index (χ3v) is 5.50. The summed E-state index contributed by atoms with van der Waals surface area (Å²) in [5.41, 5.74) is 1.36. The molecule has 19 heavy (non-hydrogen) atoms. The zero-order chi connectivity index (χ0) is 13.2. The lowest BCUT2D eigenvalue weighted by Gasteiger charge is -2.21. The Balaban J connectivity index is 1.66. The predicted molar refractivity (Wildman–Crippen MR) is 76.7 cm³/mol. The van der Waals surface area contributed by atoms with Gasteiger partial charge in [-0.25, -0.2) is 0 Å². The molecule has 1 fully saturated rings. The number of nitrogens with one attached hydrogen (secondary N) is 1. The normalized spacial score (nSPS) is 26.8. The van der Waals surface area contributed by atoms with E-state index < -0.39 is 0 Å². The van der Waals surface area contributed by atoms with Gasteiger partial charge in [0.15, 0.2) is 0 Å². The fourth-order valence-electron chi connectivity index (χ4n) is 3.14. The van der Waals surface area contributed by atoms with Gasteiger partial charge in [0.25, 0.3) is 5.91 Å². The van der Waals surface area contributed by atoms with Gasteiger partial charge in [0.1, 0.15) is 0 Å². The molecule has 2 aliphatic carbocycles. The van der Waals surface area contributed by atoms with Crippen molar-refractivity contribution in [3.05, 3.63) is 21.4 Å². The molecular formula is C15H21NO2S. The van der Waals surface area contributed by atoms with E-state index in [0.29, 0.717) is 0 Å². The summed E-state index contributed by atoms with van der Waals surface area (Å²) in [6, 6.07) is 1.98. The number of carbonyl (C=O) groups is 1. The van der Waals surface area contributed by atoms with E-state index >= 15 is 0 Å². The van der Waals surface area contributed by atoms with Crippen molar-refractivity contribution in [3.8, 4) is 0 Å². The van der Waals surface area contributed by atoms with Crippen LogP contribution in [-0.4, -0.2) is 23.2 Å². The smallest absolute Gasteiger partial charge is 0.261 e. The summed E-state index contributed by atoms with van der Waals surface area (Å²) in [6.45, 7) is 0. The quantitative estimate of drug-likeness (QED) is 0.818. The molecule has 0 radical (unpaired) electrons. The molecule has 0 aromatic carbocycles. The number of aryl methyl sites for hydroxylation is 2. The highest BCUT2D eigenvalue weighted by atomic mass is 32.1. The number of amides is 1. The topological polar surface area (TPSA) is 49.3 Å². The second-order valence-electron chi connectivity index (χ2n) is 5.70. The minimum Gasteiger partial charge on any atom is -0.391 e. The Labute approximate surface area is 118 Å². The molecule has 3 nitrogen and oxygen atoms in total. The van der Waals surface area contributed by atoms with Crippen molar-refractivity contribution in [1.82, 2.24) is 5.32 Å². The molecule has 1 amide bonds. The number of hydrogen-bond donors (Lipinski definition) is 2. The number of carbonyl (C=O) groups excluding carboxylic acids is 1. The SMILES string of the molecule is O=C(NC1CCCCCC1O)c1cc2c(s1)CCC2. The molecule has 1 saturated carbocycles. The molecule has 1 aromatic rings. The molecule has 1 heterocycles. The van der Waals surface area contributed by atoms with Crippen LogP contribution in [0.4, 0.5) is 0 Å². The van der Waals surface area contributed by atoms with Crippen LogP contribution in [0, 0.1) is 0 Å². The highest BCUT2D eigenvalue weighted by Gasteiger charge is 2.25. The highest BCUT2D eigenvalue weighted by molar-refractivity contribution is 7.14. The molecule has 2 aliphatic rings. The summed E-state index contributed by atoms with van der Waals surface area (Å²) in [6.07, 6.45) is 8.14. The fourth-order valence-corrected chi connectivity index (χ4v) is 4.29. The molecule has 1 aromatic heterocycles. The van der Waals surface area contributed by atoms with Gasteiger partial charge < -0.3 is 10.4 Å². The summed E-state index contributed by atoms with van der Waals surface area (Å²) in [4.78, 5) is 14.5. The van der Waals surface area contributed by atoms with Crippen LogP contribution in [0.25, 0.3) is 0 Å². The van der Waals surface area contributed by atoms with Gasteiger partial charge in [0.05, 0.1) is 17.0 Å². The standard InChI is InChI=1S/C15H21NO2S/c17-12-7-3-1-2-6-11(12)16-15(18)14-9-10-5-4-8-13(10)19-14/h9,11-12,17H,1-8H2,(H,16,18). The summed E-state index contributed by atoms with van der Waals surface area (Å²) in [5.74, 6) is 0.00495. The summed E-state index contributed by atoms with van der Waals surface area (Å²) in [7, 11) is 0.